The number of halogens is 2. The van der Waals surface area contributed by atoms with Crippen molar-refractivity contribution in [2.24, 2.45) is 0 Å². The quantitative estimate of drug-likeness (QED) is 0.809. The maximum absolute atomic E-state index is 8.84. The summed E-state index contributed by atoms with van der Waals surface area (Å²) >= 11 is 13.5. The molecule has 0 aliphatic heterocycles. The SMILES string of the molecule is CC(CO)SCCOc1c(Cl)cccc1Cl. The molecule has 0 bridgehead atoms. The molecule has 0 fully saturated rings. The van der Waals surface area contributed by atoms with E-state index in [1.165, 1.54) is 0 Å². The molecule has 0 amide bonds. The van der Waals surface area contributed by atoms with E-state index in [4.69, 9.17) is 33.0 Å². The number of hydrogen-bond acceptors (Lipinski definition) is 3. The van der Waals surface area contributed by atoms with Crippen LogP contribution in [0.4, 0.5) is 0 Å². The van der Waals surface area contributed by atoms with Crippen molar-refractivity contribution in [2.75, 3.05) is 19.0 Å². The Morgan fingerprint density at radius 2 is 2.00 bits per heavy atom. The molecule has 2 nitrogen and oxygen atoms in total. The molecule has 1 aromatic carbocycles. The van der Waals surface area contributed by atoms with Gasteiger partial charge in [0.05, 0.1) is 23.3 Å². The summed E-state index contributed by atoms with van der Waals surface area (Å²) < 4.78 is 5.50. The van der Waals surface area contributed by atoms with Gasteiger partial charge in [0.25, 0.3) is 0 Å². The molecule has 5 heteroatoms. The minimum atomic E-state index is 0.178. The Hall–Kier alpha value is -0.0900. The zero-order valence-electron chi connectivity index (χ0n) is 8.95. The zero-order chi connectivity index (χ0) is 12.0. The monoisotopic (exact) mass is 280 g/mol. The topological polar surface area (TPSA) is 29.5 Å². The van der Waals surface area contributed by atoms with Gasteiger partial charge in [-0.25, -0.2) is 0 Å². The van der Waals surface area contributed by atoms with Crippen LogP contribution in [-0.2, 0) is 0 Å². The second-order valence-corrected chi connectivity index (χ2v) is 5.62. The molecule has 1 rings (SSSR count). The van der Waals surface area contributed by atoms with Crippen molar-refractivity contribution >= 4 is 35.0 Å². The van der Waals surface area contributed by atoms with E-state index in [1.807, 2.05) is 6.92 Å². The Balaban J connectivity index is 2.37. The number of benzene rings is 1. The minimum Gasteiger partial charge on any atom is -0.490 e. The highest BCUT2D eigenvalue weighted by Gasteiger charge is 2.06. The van der Waals surface area contributed by atoms with Gasteiger partial charge >= 0.3 is 0 Å². The van der Waals surface area contributed by atoms with Gasteiger partial charge in [-0.2, -0.15) is 11.8 Å². The molecule has 0 aliphatic rings. The predicted octanol–water partition coefficient (Wildman–Crippen LogP) is 3.49. The third-order valence-corrected chi connectivity index (χ3v) is 3.62. The molecule has 0 aliphatic carbocycles. The van der Waals surface area contributed by atoms with Crippen LogP contribution < -0.4 is 4.74 Å². The summed E-state index contributed by atoms with van der Waals surface area (Å²) in [6, 6.07) is 5.26. The van der Waals surface area contributed by atoms with Crippen molar-refractivity contribution in [2.45, 2.75) is 12.2 Å². The molecule has 1 N–H and O–H groups in total. The highest BCUT2D eigenvalue weighted by atomic mass is 35.5. The molecule has 90 valence electrons. The molecular weight excluding hydrogens is 267 g/mol. The van der Waals surface area contributed by atoms with Crippen molar-refractivity contribution in [3.8, 4) is 5.75 Å². The van der Waals surface area contributed by atoms with Crippen LogP contribution >= 0.6 is 35.0 Å². The maximum Gasteiger partial charge on any atom is 0.156 e. The van der Waals surface area contributed by atoms with Gasteiger partial charge in [-0.3, -0.25) is 0 Å². The fourth-order valence-electron chi connectivity index (χ4n) is 1.07. The van der Waals surface area contributed by atoms with E-state index in [9.17, 15) is 0 Å². The number of ether oxygens (including phenoxy) is 1. The average Bonchev–Trinajstić information content (AvgIpc) is 2.27. The van der Waals surface area contributed by atoms with E-state index in [-0.39, 0.29) is 11.9 Å². The molecule has 0 saturated carbocycles. The lowest BCUT2D eigenvalue weighted by Gasteiger charge is -2.11. The van der Waals surface area contributed by atoms with Crippen molar-refractivity contribution in [1.82, 2.24) is 0 Å². The van der Waals surface area contributed by atoms with Crippen LogP contribution in [-0.4, -0.2) is 29.3 Å². The molecule has 0 heterocycles. The average molecular weight is 281 g/mol. The summed E-state index contributed by atoms with van der Waals surface area (Å²) in [7, 11) is 0. The number of aliphatic hydroxyl groups excluding tert-OH is 1. The van der Waals surface area contributed by atoms with Gasteiger partial charge < -0.3 is 9.84 Å². The van der Waals surface area contributed by atoms with E-state index in [0.717, 1.165) is 5.75 Å². The fourth-order valence-corrected chi connectivity index (χ4v) is 2.26. The zero-order valence-corrected chi connectivity index (χ0v) is 11.3. The first kappa shape index (κ1) is 14.0. The molecule has 0 radical (unpaired) electrons. The number of rotatable bonds is 6. The van der Waals surface area contributed by atoms with Gasteiger partial charge in [0.2, 0.25) is 0 Å². The Bertz CT molecular complexity index is 314. The lowest BCUT2D eigenvalue weighted by atomic mass is 10.3. The Kier molecular flexibility index (Phi) is 6.36. The van der Waals surface area contributed by atoms with Crippen LogP contribution in [0.25, 0.3) is 0 Å². The van der Waals surface area contributed by atoms with Crippen LogP contribution in [0, 0.1) is 0 Å². The second kappa shape index (κ2) is 7.28. The number of para-hydroxylation sites is 1. The van der Waals surface area contributed by atoms with Gasteiger partial charge in [0, 0.05) is 11.0 Å². The van der Waals surface area contributed by atoms with Gasteiger partial charge in [0.15, 0.2) is 5.75 Å². The normalized spacial score (nSPS) is 12.5. The third-order valence-electron chi connectivity index (χ3n) is 1.91. The standard InChI is InChI=1S/C11H14Cl2O2S/c1-8(7-14)16-6-5-15-11-9(12)3-2-4-10(11)13/h2-4,8,14H,5-7H2,1H3. The Morgan fingerprint density at radius 1 is 1.38 bits per heavy atom. The molecule has 0 saturated heterocycles. The number of thioether (sulfide) groups is 1. The van der Waals surface area contributed by atoms with E-state index >= 15 is 0 Å². The molecule has 0 spiro atoms. The first-order chi connectivity index (χ1) is 7.65. The lowest BCUT2D eigenvalue weighted by Crippen LogP contribution is -2.08. The molecule has 16 heavy (non-hydrogen) atoms. The lowest BCUT2D eigenvalue weighted by molar-refractivity contribution is 0.299. The van der Waals surface area contributed by atoms with Gasteiger partial charge in [-0.05, 0) is 12.1 Å². The number of aliphatic hydroxyl groups is 1. The smallest absolute Gasteiger partial charge is 0.156 e. The summed E-state index contributed by atoms with van der Waals surface area (Å²) in [6.07, 6.45) is 0. The highest BCUT2D eigenvalue weighted by Crippen LogP contribution is 2.32. The largest absolute Gasteiger partial charge is 0.490 e. The second-order valence-electron chi connectivity index (χ2n) is 3.26. The molecule has 1 unspecified atom stereocenters. The molecular formula is C11H14Cl2O2S. The molecule has 0 aromatic heterocycles. The predicted molar refractivity (Wildman–Crippen MR) is 71.0 cm³/mol. The van der Waals surface area contributed by atoms with E-state index in [2.05, 4.69) is 0 Å². The van der Waals surface area contributed by atoms with Gasteiger partial charge in [-0.1, -0.05) is 36.2 Å². The van der Waals surface area contributed by atoms with Gasteiger partial charge in [-0.15, -0.1) is 0 Å². The van der Waals surface area contributed by atoms with E-state index in [1.54, 1.807) is 30.0 Å². The summed E-state index contributed by atoms with van der Waals surface area (Å²) in [5.41, 5.74) is 0. The van der Waals surface area contributed by atoms with Crippen molar-refractivity contribution in [3.63, 3.8) is 0 Å². The first-order valence-electron chi connectivity index (χ1n) is 4.94. The van der Waals surface area contributed by atoms with Crippen LogP contribution in [0.1, 0.15) is 6.92 Å². The van der Waals surface area contributed by atoms with Gasteiger partial charge in [0.1, 0.15) is 0 Å². The Labute approximate surface area is 110 Å². The van der Waals surface area contributed by atoms with Crippen LogP contribution in [0.5, 0.6) is 5.75 Å². The molecule has 1 aromatic rings. The van der Waals surface area contributed by atoms with E-state index in [0.29, 0.717) is 22.4 Å². The van der Waals surface area contributed by atoms with Crippen molar-refractivity contribution in [3.05, 3.63) is 28.2 Å². The first-order valence-corrected chi connectivity index (χ1v) is 6.75. The van der Waals surface area contributed by atoms with Crippen LogP contribution in [0.2, 0.25) is 10.0 Å². The molecule has 1 atom stereocenters. The number of hydrogen-bond donors (Lipinski definition) is 1. The highest BCUT2D eigenvalue weighted by molar-refractivity contribution is 7.99. The maximum atomic E-state index is 8.84. The summed E-state index contributed by atoms with van der Waals surface area (Å²) in [5.74, 6) is 1.33. The van der Waals surface area contributed by atoms with Crippen LogP contribution in [0.15, 0.2) is 18.2 Å². The van der Waals surface area contributed by atoms with Crippen LogP contribution in [0.3, 0.4) is 0 Å². The third kappa shape index (κ3) is 4.42. The van der Waals surface area contributed by atoms with E-state index < -0.39 is 0 Å². The summed E-state index contributed by atoms with van der Waals surface area (Å²) in [4.78, 5) is 0. The fraction of sp³-hybridized carbons (Fsp3) is 0.455. The summed E-state index contributed by atoms with van der Waals surface area (Å²) in [6.45, 7) is 2.67. The van der Waals surface area contributed by atoms with Crippen molar-refractivity contribution < 1.29 is 9.84 Å². The minimum absolute atomic E-state index is 0.178. The Morgan fingerprint density at radius 3 is 2.56 bits per heavy atom. The van der Waals surface area contributed by atoms with Crippen molar-refractivity contribution in [1.29, 1.82) is 0 Å². The summed E-state index contributed by atoms with van der Waals surface area (Å²) in [5, 5.41) is 10.1.